The standard InChI is InChI=1S/C20H18N2O6S/c23-20(15-10-16(21(24)25)12-17(11-15)22(26)27)28-18-6-4-5-14(9-18)13-29-19-7-2-1-3-8-19/h1-4,6-8,10-12,14,18H,5,9,13H2/t14-,18+/m0/s1. The summed E-state index contributed by atoms with van der Waals surface area (Å²) in [4.78, 5) is 34.0. The van der Waals surface area contributed by atoms with Crippen molar-refractivity contribution in [2.75, 3.05) is 5.75 Å². The largest absolute Gasteiger partial charge is 0.455 e. The number of nitro groups is 2. The maximum absolute atomic E-state index is 12.4. The van der Waals surface area contributed by atoms with E-state index in [1.165, 1.54) is 4.90 Å². The van der Waals surface area contributed by atoms with Crippen molar-refractivity contribution in [1.29, 1.82) is 0 Å². The van der Waals surface area contributed by atoms with Crippen molar-refractivity contribution < 1.29 is 19.4 Å². The maximum atomic E-state index is 12.4. The molecule has 3 rings (SSSR count). The molecule has 2 atom stereocenters. The number of nitrogens with zero attached hydrogens (tertiary/aromatic N) is 2. The number of carbonyl (C=O) groups is 1. The molecule has 1 aliphatic carbocycles. The Morgan fingerprint density at radius 3 is 2.34 bits per heavy atom. The van der Waals surface area contributed by atoms with Gasteiger partial charge in [0.1, 0.15) is 6.10 Å². The highest BCUT2D eigenvalue weighted by Gasteiger charge is 2.25. The molecule has 0 saturated heterocycles. The molecule has 1 aliphatic rings. The van der Waals surface area contributed by atoms with Crippen LogP contribution in [0.15, 0.2) is 65.6 Å². The summed E-state index contributed by atoms with van der Waals surface area (Å²) >= 11 is 1.73. The lowest BCUT2D eigenvalue weighted by molar-refractivity contribution is -0.394. The van der Waals surface area contributed by atoms with Crippen LogP contribution in [0.4, 0.5) is 11.4 Å². The number of allylic oxidation sites excluding steroid dienone is 1. The van der Waals surface area contributed by atoms with Crippen molar-refractivity contribution in [3.05, 3.63) is 86.5 Å². The lowest BCUT2D eigenvalue weighted by Gasteiger charge is -2.24. The van der Waals surface area contributed by atoms with E-state index in [1.54, 1.807) is 17.8 Å². The van der Waals surface area contributed by atoms with E-state index in [-0.39, 0.29) is 5.56 Å². The predicted octanol–water partition coefficient (Wildman–Crippen LogP) is 4.79. The molecule has 0 N–H and O–H groups in total. The molecule has 2 aromatic carbocycles. The van der Waals surface area contributed by atoms with Gasteiger partial charge >= 0.3 is 5.97 Å². The van der Waals surface area contributed by atoms with Crippen molar-refractivity contribution in [2.24, 2.45) is 5.92 Å². The second kappa shape index (κ2) is 9.33. The Balaban J connectivity index is 1.64. The number of benzene rings is 2. The summed E-state index contributed by atoms with van der Waals surface area (Å²) in [6.45, 7) is 0. The van der Waals surface area contributed by atoms with Crippen LogP contribution in [0.1, 0.15) is 23.2 Å². The fourth-order valence-electron chi connectivity index (χ4n) is 3.01. The SMILES string of the molecule is O=C(O[C@@H]1C=CC[C@H](CSc2ccccc2)C1)c1cc([N+](=O)[O-])cc([N+](=O)[O-])c1. The Bertz CT molecular complexity index is 915. The summed E-state index contributed by atoms with van der Waals surface area (Å²) in [5.74, 6) is 0.357. The predicted molar refractivity (Wildman–Crippen MR) is 108 cm³/mol. The maximum Gasteiger partial charge on any atom is 0.339 e. The van der Waals surface area contributed by atoms with Gasteiger partial charge in [0, 0.05) is 22.8 Å². The van der Waals surface area contributed by atoms with Crippen LogP contribution in [-0.2, 0) is 4.74 Å². The van der Waals surface area contributed by atoms with Crippen molar-refractivity contribution in [3.8, 4) is 0 Å². The quantitative estimate of drug-likeness (QED) is 0.210. The fraction of sp³-hybridized carbons (Fsp3) is 0.250. The number of ether oxygens (including phenoxy) is 1. The third-order valence-corrected chi connectivity index (χ3v) is 5.68. The minimum absolute atomic E-state index is 0.208. The lowest BCUT2D eigenvalue weighted by Crippen LogP contribution is -2.23. The highest BCUT2D eigenvalue weighted by atomic mass is 32.2. The third-order valence-electron chi connectivity index (χ3n) is 4.43. The first kappa shape index (κ1) is 20.5. The first-order valence-electron chi connectivity index (χ1n) is 8.91. The molecule has 8 nitrogen and oxygen atoms in total. The van der Waals surface area contributed by atoms with E-state index in [0.717, 1.165) is 30.4 Å². The van der Waals surface area contributed by atoms with Gasteiger partial charge in [-0.2, -0.15) is 0 Å². The van der Waals surface area contributed by atoms with E-state index >= 15 is 0 Å². The van der Waals surface area contributed by atoms with Crippen LogP contribution in [0.2, 0.25) is 0 Å². The van der Waals surface area contributed by atoms with Crippen LogP contribution in [0.5, 0.6) is 0 Å². The third kappa shape index (κ3) is 5.64. The van der Waals surface area contributed by atoms with Crippen molar-refractivity contribution in [3.63, 3.8) is 0 Å². The molecule has 0 aliphatic heterocycles. The van der Waals surface area contributed by atoms with Gasteiger partial charge in [-0.1, -0.05) is 24.3 Å². The van der Waals surface area contributed by atoms with Gasteiger partial charge in [-0.05, 0) is 37.0 Å². The molecular formula is C20H18N2O6S. The summed E-state index contributed by atoms with van der Waals surface area (Å²) in [6.07, 6.45) is 4.76. The van der Waals surface area contributed by atoms with Crippen LogP contribution < -0.4 is 0 Å². The van der Waals surface area contributed by atoms with Crippen LogP contribution in [0.25, 0.3) is 0 Å². The van der Waals surface area contributed by atoms with Crippen LogP contribution in [-0.4, -0.2) is 27.7 Å². The minimum Gasteiger partial charge on any atom is -0.455 e. The van der Waals surface area contributed by atoms with Crippen molar-refractivity contribution in [2.45, 2.75) is 23.8 Å². The number of carbonyl (C=O) groups excluding carboxylic acids is 1. The zero-order chi connectivity index (χ0) is 20.8. The Morgan fingerprint density at radius 2 is 1.72 bits per heavy atom. The molecule has 0 saturated carbocycles. The second-order valence-corrected chi connectivity index (χ2v) is 7.68. The molecule has 29 heavy (non-hydrogen) atoms. The summed E-state index contributed by atoms with van der Waals surface area (Å²) in [7, 11) is 0. The molecule has 0 radical (unpaired) electrons. The van der Waals surface area contributed by atoms with Gasteiger partial charge in [0.25, 0.3) is 11.4 Å². The van der Waals surface area contributed by atoms with Crippen LogP contribution in [0.3, 0.4) is 0 Å². The first-order chi connectivity index (χ1) is 13.9. The molecule has 0 fully saturated rings. The zero-order valence-electron chi connectivity index (χ0n) is 15.3. The van der Waals surface area contributed by atoms with Gasteiger partial charge < -0.3 is 4.74 Å². The van der Waals surface area contributed by atoms with E-state index in [4.69, 9.17) is 4.74 Å². The summed E-state index contributed by atoms with van der Waals surface area (Å²) in [5, 5.41) is 22.0. The first-order valence-corrected chi connectivity index (χ1v) is 9.90. The fourth-order valence-corrected chi connectivity index (χ4v) is 4.06. The number of hydrogen-bond donors (Lipinski definition) is 0. The van der Waals surface area contributed by atoms with E-state index in [1.807, 2.05) is 36.4 Å². The van der Waals surface area contributed by atoms with Crippen molar-refractivity contribution in [1.82, 2.24) is 0 Å². The van der Waals surface area contributed by atoms with E-state index in [0.29, 0.717) is 12.3 Å². The molecule has 0 bridgehead atoms. The van der Waals surface area contributed by atoms with Gasteiger partial charge in [-0.25, -0.2) is 4.79 Å². The topological polar surface area (TPSA) is 113 Å². The number of nitro benzene ring substituents is 2. The van der Waals surface area contributed by atoms with Crippen LogP contribution in [0, 0.1) is 26.1 Å². The molecule has 0 spiro atoms. The Labute approximate surface area is 170 Å². The number of esters is 1. The smallest absolute Gasteiger partial charge is 0.339 e. The average molecular weight is 414 g/mol. The molecule has 9 heteroatoms. The number of rotatable bonds is 7. The van der Waals surface area contributed by atoms with E-state index in [2.05, 4.69) is 0 Å². The highest BCUT2D eigenvalue weighted by Crippen LogP contribution is 2.29. The molecular weight excluding hydrogens is 396 g/mol. The average Bonchev–Trinajstić information content (AvgIpc) is 2.73. The summed E-state index contributed by atoms with van der Waals surface area (Å²) < 4.78 is 5.45. The summed E-state index contributed by atoms with van der Waals surface area (Å²) in [6, 6.07) is 12.8. The molecule has 0 unspecified atom stereocenters. The molecule has 2 aromatic rings. The second-order valence-electron chi connectivity index (χ2n) is 6.59. The van der Waals surface area contributed by atoms with Gasteiger partial charge in [-0.3, -0.25) is 20.2 Å². The van der Waals surface area contributed by atoms with Crippen molar-refractivity contribution >= 4 is 29.1 Å². The monoisotopic (exact) mass is 414 g/mol. The van der Waals surface area contributed by atoms with Gasteiger partial charge in [-0.15, -0.1) is 11.8 Å². The Morgan fingerprint density at radius 1 is 1.07 bits per heavy atom. The van der Waals surface area contributed by atoms with Gasteiger partial charge in [0.15, 0.2) is 0 Å². The zero-order valence-corrected chi connectivity index (χ0v) is 16.1. The summed E-state index contributed by atoms with van der Waals surface area (Å²) in [5.41, 5.74) is -1.26. The Kier molecular flexibility index (Phi) is 6.61. The van der Waals surface area contributed by atoms with Gasteiger partial charge in [0.05, 0.1) is 21.5 Å². The molecule has 150 valence electrons. The molecule has 0 aromatic heterocycles. The van der Waals surface area contributed by atoms with Gasteiger partial charge in [0.2, 0.25) is 0 Å². The number of non-ortho nitro benzene ring substituents is 2. The van der Waals surface area contributed by atoms with Crippen LogP contribution >= 0.6 is 11.8 Å². The normalized spacial score (nSPS) is 18.2. The Hall–Kier alpha value is -3.20. The number of hydrogen-bond acceptors (Lipinski definition) is 7. The molecule has 0 heterocycles. The number of thioether (sulfide) groups is 1. The van der Waals surface area contributed by atoms with E-state index < -0.39 is 33.3 Å². The van der Waals surface area contributed by atoms with E-state index in [9.17, 15) is 25.0 Å². The minimum atomic E-state index is -0.817. The highest BCUT2D eigenvalue weighted by molar-refractivity contribution is 7.99. The lowest BCUT2D eigenvalue weighted by atomic mass is 9.94. The molecule has 0 amide bonds.